The Morgan fingerprint density at radius 2 is 1.59 bits per heavy atom. The number of anilines is 2. The second-order valence-corrected chi connectivity index (χ2v) is 7.08. The molecule has 6 heteroatoms. The van der Waals surface area contributed by atoms with Crippen molar-refractivity contribution in [3.05, 3.63) is 88.4 Å². The van der Waals surface area contributed by atoms with Gasteiger partial charge in [0.1, 0.15) is 5.75 Å². The highest BCUT2D eigenvalue weighted by atomic mass is 35.5. The quantitative estimate of drug-likeness (QED) is 0.587. The molecule has 0 saturated heterocycles. The summed E-state index contributed by atoms with van der Waals surface area (Å²) < 4.78 is 5.53. The molecule has 0 bridgehead atoms. The molecule has 3 aromatic carbocycles. The molecule has 2 N–H and O–H groups in total. The van der Waals surface area contributed by atoms with Gasteiger partial charge in [-0.15, -0.1) is 0 Å². The minimum Gasteiger partial charge on any atom is -0.483 e. The van der Waals surface area contributed by atoms with Crippen molar-refractivity contribution in [1.29, 1.82) is 0 Å². The van der Waals surface area contributed by atoms with Crippen molar-refractivity contribution in [1.82, 2.24) is 0 Å². The maximum Gasteiger partial charge on any atom is 0.262 e. The van der Waals surface area contributed by atoms with Crippen LogP contribution in [0.5, 0.6) is 5.75 Å². The van der Waals surface area contributed by atoms with Crippen LogP contribution in [0.3, 0.4) is 0 Å². The van der Waals surface area contributed by atoms with Gasteiger partial charge in [0, 0.05) is 22.0 Å². The Morgan fingerprint density at radius 1 is 0.897 bits per heavy atom. The van der Waals surface area contributed by atoms with Crippen LogP contribution in [-0.4, -0.2) is 18.4 Å². The number of carbonyl (C=O) groups is 2. The third kappa shape index (κ3) is 5.83. The van der Waals surface area contributed by atoms with Gasteiger partial charge in [-0.05, 0) is 74.0 Å². The molecule has 0 aliphatic heterocycles. The zero-order chi connectivity index (χ0) is 20.8. The molecule has 0 radical (unpaired) electrons. The molecule has 3 aromatic rings. The average Bonchev–Trinajstić information content (AvgIpc) is 2.69. The summed E-state index contributed by atoms with van der Waals surface area (Å²) >= 11 is 5.91. The SMILES string of the molecule is Cc1cccc(C(=O)Nc2ccc(NC(=O)COc3ccc(Cl)cc3C)cc2)c1. The number of carbonyl (C=O) groups excluding carboxylic acids is 2. The minimum atomic E-state index is -0.282. The predicted molar refractivity (Wildman–Crippen MR) is 116 cm³/mol. The van der Waals surface area contributed by atoms with E-state index in [1.165, 1.54) is 0 Å². The fraction of sp³-hybridized carbons (Fsp3) is 0.130. The van der Waals surface area contributed by atoms with Crippen molar-refractivity contribution in [2.45, 2.75) is 13.8 Å². The first-order chi connectivity index (χ1) is 13.9. The fourth-order valence-corrected chi connectivity index (χ4v) is 2.97. The first-order valence-corrected chi connectivity index (χ1v) is 9.45. The number of ether oxygens (including phenoxy) is 1. The van der Waals surface area contributed by atoms with Crippen LogP contribution in [0.1, 0.15) is 21.5 Å². The van der Waals surface area contributed by atoms with Crippen molar-refractivity contribution in [3.63, 3.8) is 0 Å². The summed E-state index contributed by atoms with van der Waals surface area (Å²) in [5.74, 6) is 0.145. The number of hydrogen-bond acceptors (Lipinski definition) is 3. The summed E-state index contributed by atoms with van der Waals surface area (Å²) in [7, 11) is 0. The molecule has 0 aliphatic rings. The average molecular weight is 409 g/mol. The Morgan fingerprint density at radius 3 is 2.24 bits per heavy atom. The second-order valence-electron chi connectivity index (χ2n) is 6.65. The van der Waals surface area contributed by atoms with Crippen LogP contribution < -0.4 is 15.4 Å². The van der Waals surface area contributed by atoms with E-state index in [4.69, 9.17) is 16.3 Å². The van der Waals surface area contributed by atoms with E-state index in [0.717, 1.165) is 11.1 Å². The third-order valence-electron chi connectivity index (χ3n) is 4.20. The largest absolute Gasteiger partial charge is 0.483 e. The Labute approximate surface area is 174 Å². The molecule has 0 unspecified atom stereocenters. The zero-order valence-electron chi connectivity index (χ0n) is 16.2. The van der Waals surface area contributed by atoms with E-state index in [-0.39, 0.29) is 18.4 Å². The van der Waals surface area contributed by atoms with Gasteiger partial charge in [-0.3, -0.25) is 9.59 Å². The molecule has 0 heterocycles. The summed E-state index contributed by atoms with van der Waals surface area (Å²) in [6.07, 6.45) is 0. The number of nitrogens with one attached hydrogen (secondary N) is 2. The Kier molecular flexibility index (Phi) is 6.52. The van der Waals surface area contributed by atoms with Crippen LogP contribution in [0.2, 0.25) is 5.02 Å². The monoisotopic (exact) mass is 408 g/mol. The number of benzene rings is 3. The number of hydrogen-bond donors (Lipinski definition) is 2. The molecule has 29 heavy (non-hydrogen) atoms. The molecule has 0 saturated carbocycles. The van der Waals surface area contributed by atoms with Crippen molar-refractivity contribution in [3.8, 4) is 5.75 Å². The van der Waals surface area contributed by atoms with Crippen LogP contribution in [0.15, 0.2) is 66.7 Å². The van der Waals surface area contributed by atoms with Gasteiger partial charge in [0.05, 0.1) is 0 Å². The van der Waals surface area contributed by atoms with Gasteiger partial charge in [0.15, 0.2) is 6.61 Å². The summed E-state index contributed by atoms with van der Waals surface area (Å²) in [5.41, 5.74) is 3.73. The molecule has 0 aromatic heterocycles. The standard InChI is InChI=1S/C23H21ClN2O3/c1-15-4-3-5-17(12-15)23(28)26-20-9-7-19(8-10-20)25-22(27)14-29-21-11-6-18(24)13-16(21)2/h3-13H,14H2,1-2H3,(H,25,27)(H,26,28). The Hall–Kier alpha value is -3.31. The first kappa shape index (κ1) is 20.4. The minimum absolute atomic E-state index is 0.117. The lowest BCUT2D eigenvalue weighted by atomic mass is 10.1. The lowest BCUT2D eigenvalue weighted by Crippen LogP contribution is -2.20. The van der Waals surface area contributed by atoms with E-state index >= 15 is 0 Å². The zero-order valence-corrected chi connectivity index (χ0v) is 16.9. The smallest absolute Gasteiger partial charge is 0.262 e. The maximum absolute atomic E-state index is 12.3. The van der Waals surface area contributed by atoms with Crippen molar-refractivity contribution in [2.24, 2.45) is 0 Å². The summed E-state index contributed by atoms with van der Waals surface area (Å²) in [4.78, 5) is 24.4. The molecule has 0 aliphatic carbocycles. The van der Waals surface area contributed by atoms with Gasteiger partial charge in [0.2, 0.25) is 0 Å². The molecule has 5 nitrogen and oxygen atoms in total. The van der Waals surface area contributed by atoms with Gasteiger partial charge in [0.25, 0.3) is 11.8 Å². The van der Waals surface area contributed by atoms with Crippen molar-refractivity contribution in [2.75, 3.05) is 17.2 Å². The molecule has 0 atom stereocenters. The second kappa shape index (κ2) is 9.26. The lowest BCUT2D eigenvalue weighted by Gasteiger charge is -2.11. The van der Waals surface area contributed by atoms with Gasteiger partial charge in [-0.2, -0.15) is 0 Å². The molecule has 0 fully saturated rings. The van der Waals surface area contributed by atoms with E-state index in [9.17, 15) is 9.59 Å². The highest BCUT2D eigenvalue weighted by Crippen LogP contribution is 2.22. The highest BCUT2D eigenvalue weighted by molar-refractivity contribution is 6.30. The van der Waals surface area contributed by atoms with E-state index < -0.39 is 0 Å². The number of halogens is 1. The first-order valence-electron chi connectivity index (χ1n) is 9.07. The molecule has 148 valence electrons. The van der Waals surface area contributed by atoms with Gasteiger partial charge in [-0.25, -0.2) is 0 Å². The van der Waals surface area contributed by atoms with Crippen LogP contribution in [0.25, 0.3) is 0 Å². The summed E-state index contributed by atoms with van der Waals surface area (Å²) in [6.45, 7) is 3.68. The van der Waals surface area contributed by atoms with Crippen LogP contribution in [0, 0.1) is 13.8 Å². The highest BCUT2D eigenvalue weighted by Gasteiger charge is 2.08. The normalized spacial score (nSPS) is 10.3. The molecular formula is C23H21ClN2O3. The molecule has 2 amide bonds. The van der Waals surface area contributed by atoms with Crippen LogP contribution in [0.4, 0.5) is 11.4 Å². The third-order valence-corrected chi connectivity index (χ3v) is 4.44. The number of aryl methyl sites for hydroxylation is 2. The number of amides is 2. The summed E-state index contributed by atoms with van der Waals surface area (Å²) in [6, 6.07) is 19.5. The van der Waals surface area contributed by atoms with E-state index in [2.05, 4.69) is 10.6 Å². The molecule has 0 spiro atoms. The summed E-state index contributed by atoms with van der Waals surface area (Å²) in [5, 5.41) is 6.22. The Bertz CT molecular complexity index is 1030. The van der Waals surface area contributed by atoms with Crippen LogP contribution >= 0.6 is 11.6 Å². The predicted octanol–water partition coefficient (Wildman–Crippen LogP) is 5.23. The van der Waals surface area contributed by atoms with Crippen molar-refractivity contribution < 1.29 is 14.3 Å². The van der Waals surface area contributed by atoms with E-state index in [0.29, 0.717) is 27.7 Å². The van der Waals surface area contributed by atoms with E-state index in [1.54, 1.807) is 48.5 Å². The Balaban J connectivity index is 1.53. The van der Waals surface area contributed by atoms with Gasteiger partial charge >= 0.3 is 0 Å². The molecule has 3 rings (SSSR count). The van der Waals surface area contributed by atoms with E-state index in [1.807, 2.05) is 32.0 Å². The van der Waals surface area contributed by atoms with Gasteiger partial charge in [-0.1, -0.05) is 29.3 Å². The fourth-order valence-electron chi connectivity index (χ4n) is 2.74. The maximum atomic E-state index is 12.3. The van der Waals surface area contributed by atoms with Gasteiger partial charge < -0.3 is 15.4 Å². The lowest BCUT2D eigenvalue weighted by molar-refractivity contribution is -0.118. The van der Waals surface area contributed by atoms with Crippen molar-refractivity contribution >= 4 is 34.8 Å². The number of rotatable bonds is 6. The molecular weight excluding hydrogens is 388 g/mol. The topological polar surface area (TPSA) is 67.4 Å². The van der Waals surface area contributed by atoms with Crippen LogP contribution in [-0.2, 0) is 4.79 Å².